The third-order valence-corrected chi connectivity index (χ3v) is 6.02. The van der Waals surface area contributed by atoms with E-state index < -0.39 is 18.5 Å². The van der Waals surface area contributed by atoms with Crippen LogP contribution in [0.5, 0.6) is 11.5 Å². The minimum absolute atomic E-state index is 0.417. The molecule has 0 spiro atoms. The van der Waals surface area contributed by atoms with Gasteiger partial charge in [0.05, 0.1) is 42.9 Å². The van der Waals surface area contributed by atoms with Gasteiger partial charge in [0.1, 0.15) is 17.3 Å². The van der Waals surface area contributed by atoms with Crippen LogP contribution in [0.3, 0.4) is 0 Å². The van der Waals surface area contributed by atoms with Crippen LogP contribution in [-0.2, 0) is 16.0 Å². The number of aromatic nitrogens is 1. The first-order valence-corrected chi connectivity index (χ1v) is 11.4. The van der Waals surface area contributed by atoms with Crippen LogP contribution in [0.15, 0.2) is 65.3 Å². The van der Waals surface area contributed by atoms with E-state index in [1.54, 1.807) is 24.5 Å². The Morgan fingerprint density at radius 1 is 1.06 bits per heavy atom. The molecule has 0 unspecified atom stereocenters. The number of furan rings is 1. The molecule has 182 valence electrons. The first-order chi connectivity index (χ1) is 17.6. The van der Waals surface area contributed by atoms with Crippen molar-refractivity contribution in [3.05, 3.63) is 83.4 Å². The summed E-state index contributed by atoms with van der Waals surface area (Å²) in [5.74, 6) is 0.673. The van der Waals surface area contributed by atoms with Crippen molar-refractivity contribution in [2.75, 3.05) is 26.1 Å². The highest BCUT2D eigenvalue weighted by Crippen LogP contribution is 2.38. The monoisotopic (exact) mass is 484 g/mol. The van der Waals surface area contributed by atoms with Crippen LogP contribution in [0.1, 0.15) is 33.8 Å². The van der Waals surface area contributed by atoms with Crippen molar-refractivity contribution >= 4 is 40.1 Å². The molecule has 0 bridgehead atoms. The van der Waals surface area contributed by atoms with Crippen molar-refractivity contribution in [1.29, 1.82) is 0 Å². The fourth-order valence-corrected chi connectivity index (χ4v) is 4.36. The number of hydrogen-bond acceptors (Lipinski definition) is 7. The van der Waals surface area contributed by atoms with Gasteiger partial charge in [-0.25, -0.2) is 9.78 Å². The lowest BCUT2D eigenvalue weighted by atomic mass is 10.0. The van der Waals surface area contributed by atoms with E-state index in [9.17, 15) is 9.59 Å². The number of benzene rings is 2. The molecule has 2 heterocycles. The van der Waals surface area contributed by atoms with E-state index in [4.69, 9.17) is 23.6 Å². The van der Waals surface area contributed by atoms with Gasteiger partial charge >= 0.3 is 5.97 Å². The minimum atomic E-state index is -0.572. The van der Waals surface area contributed by atoms with Gasteiger partial charge in [0.15, 0.2) is 6.61 Å². The SMILES string of the molecule is COc1ccc(OC)c(NC(=O)COC(=O)c2c3c(nc4ccccc24)C(=Cc2ccco2)CC3)c1. The molecule has 1 amide bonds. The van der Waals surface area contributed by atoms with E-state index >= 15 is 0 Å². The van der Waals surface area contributed by atoms with Gasteiger partial charge < -0.3 is 23.9 Å². The fraction of sp³-hybridized carbons (Fsp3) is 0.179. The molecule has 4 aromatic rings. The predicted molar refractivity (Wildman–Crippen MR) is 135 cm³/mol. The second kappa shape index (κ2) is 9.95. The third kappa shape index (κ3) is 4.53. The number of ether oxygens (including phenoxy) is 3. The molecule has 8 heteroatoms. The Kier molecular flexibility index (Phi) is 6.40. The Labute approximate surface area is 207 Å². The third-order valence-electron chi connectivity index (χ3n) is 6.02. The summed E-state index contributed by atoms with van der Waals surface area (Å²) >= 11 is 0. The van der Waals surface area contributed by atoms with Gasteiger partial charge in [0.25, 0.3) is 5.91 Å². The van der Waals surface area contributed by atoms with E-state index in [1.807, 2.05) is 42.5 Å². The van der Waals surface area contributed by atoms with Gasteiger partial charge in [0.2, 0.25) is 0 Å². The van der Waals surface area contributed by atoms with Crippen LogP contribution in [0.25, 0.3) is 22.6 Å². The van der Waals surface area contributed by atoms with Crippen LogP contribution >= 0.6 is 0 Å². The summed E-state index contributed by atoms with van der Waals surface area (Å²) in [6.07, 6.45) is 4.91. The average molecular weight is 485 g/mol. The number of carbonyl (C=O) groups excluding carboxylic acids is 2. The van der Waals surface area contributed by atoms with E-state index in [0.717, 1.165) is 29.0 Å². The zero-order valence-electron chi connectivity index (χ0n) is 19.9. The lowest BCUT2D eigenvalue weighted by Gasteiger charge is -2.14. The maximum absolute atomic E-state index is 13.3. The fourth-order valence-electron chi connectivity index (χ4n) is 4.36. The Bertz CT molecular complexity index is 1470. The summed E-state index contributed by atoms with van der Waals surface area (Å²) in [6.45, 7) is -0.459. The van der Waals surface area contributed by atoms with Crippen molar-refractivity contribution in [1.82, 2.24) is 4.98 Å². The number of esters is 1. The normalized spacial score (nSPS) is 13.4. The molecule has 0 fully saturated rings. The average Bonchev–Trinajstić information content (AvgIpc) is 3.56. The quantitative estimate of drug-likeness (QED) is 0.363. The topological polar surface area (TPSA) is 99.9 Å². The lowest BCUT2D eigenvalue weighted by Crippen LogP contribution is -2.22. The van der Waals surface area contributed by atoms with E-state index in [1.165, 1.54) is 14.2 Å². The number of rotatable bonds is 7. The van der Waals surface area contributed by atoms with Crippen LogP contribution in [-0.4, -0.2) is 37.7 Å². The van der Waals surface area contributed by atoms with Crippen molar-refractivity contribution in [2.45, 2.75) is 12.8 Å². The first kappa shape index (κ1) is 23.2. The van der Waals surface area contributed by atoms with Gasteiger partial charge in [-0.15, -0.1) is 0 Å². The number of methoxy groups -OCH3 is 2. The highest BCUT2D eigenvalue weighted by molar-refractivity contribution is 6.08. The number of pyridine rings is 1. The Morgan fingerprint density at radius 2 is 1.92 bits per heavy atom. The molecule has 5 rings (SSSR count). The number of para-hydroxylation sites is 1. The molecular weight excluding hydrogens is 460 g/mol. The number of hydrogen-bond donors (Lipinski definition) is 1. The van der Waals surface area contributed by atoms with Crippen LogP contribution in [0.2, 0.25) is 0 Å². The molecular formula is C28H24N2O6. The van der Waals surface area contributed by atoms with Gasteiger partial charge in [-0.1, -0.05) is 18.2 Å². The molecule has 2 aromatic carbocycles. The first-order valence-electron chi connectivity index (χ1n) is 11.4. The molecule has 36 heavy (non-hydrogen) atoms. The summed E-state index contributed by atoms with van der Waals surface area (Å²) < 4.78 is 21.4. The molecule has 0 aliphatic heterocycles. The summed E-state index contributed by atoms with van der Waals surface area (Å²) in [7, 11) is 3.03. The van der Waals surface area contributed by atoms with Crippen LogP contribution < -0.4 is 14.8 Å². The van der Waals surface area contributed by atoms with Gasteiger partial charge in [-0.3, -0.25) is 4.79 Å². The molecule has 1 N–H and O–H groups in total. The zero-order valence-corrected chi connectivity index (χ0v) is 19.9. The molecule has 2 aromatic heterocycles. The van der Waals surface area contributed by atoms with Gasteiger partial charge in [0, 0.05) is 11.5 Å². The number of anilines is 1. The number of fused-ring (bicyclic) bond motifs is 2. The highest BCUT2D eigenvalue weighted by Gasteiger charge is 2.28. The molecule has 0 atom stereocenters. The molecule has 1 aliphatic rings. The highest BCUT2D eigenvalue weighted by atomic mass is 16.5. The number of allylic oxidation sites excluding steroid dienone is 1. The van der Waals surface area contributed by atoms with Crippen molar-refractivity contribution in [3.8, 4) is 11.5 Å². The Morgan fingerprint density at radius 3 is 2.69 bits per heavy atom. The number of nitrogens with zero attached hydrogens (tertiary/aromatic N) is 1. The van der Waals surface area contributed by atoms with Crippen molar-refractivity contribution in [3.63, 3.8) is 0 Å². The zero-order chi connectivity index (χ0) is 25.1. The minimum Gasteiger partial charge on any atom is -0.497 e. The van der Waals surface area contributed by atoms with E-state index in [-0.39, 0.29) is 0 Å². The molecule has 8 nitrogen and oxygen atoms in total. The predicted octanol–water partition coefficient (Wildman–Crippen LogP) is 5.13. The smallest absolute Gasteiger partial charge is 0.339 e. The molecule has 0 saturated carbocycles. The van der Waals surface area contributed by atoms with Crippen LogP contribution in [0, 0.1) is 0 Å². The lowest BCUT2D eigenvalue weighted by molar-refractivity contribution is -0.119. The molecule has 1 aliphatic carbocycles. The molecule has 0 radical (unpaired) electrons. The van der Waals surface area contributed by atoms with Gasteiger partial charge in [-0.05, 0) is 60.4 Å². The largest absolute Gasteiger partial charge is 0.497 e. The van der Waals surface area contributed by atoms with E-state index in [2.05, 4.69) is 5.32 Å². The Balaban J connectivity index is 1.40. The van der Waals surface area contributed by atoms with E-state index in [0.29, 0.717) is 40.1 Å². The number of carbonyl (C=O) groups is 2. The van der Waals surface area contributed by atoms with Crippen molar-refractivity contribution in [2.24, 2.45) is 0 Å². The summed E-state index contributed by atoms with van der Waals surface area (Å²) in [4.78, 5) is 30.8. The maximum Gasteiger partial charge on any atom is 0.339 e. The summed E-state index contributed by atoms with van der Waals surface area (Å²) in [5.41, 5.74) is 4.09. The second-order valence-electron chi connectivity index (χ2n) is 8.21. The number of amides is 1. The van der Waals surface area contributed by atoms with Crippen molar-refractivity contribution < 1.29 is 28.2 Å². The maximum atomic E-state index is 13.3. The summed E-state index contributed by atoms with van der Waals surface area (Å²) in [6, 6.07) is 16.2. The standard InChI is InChI=1S/C28H24N2O6/c1-33-18-10-12-24(34-2)23(15-18)29-25(31)16-36-28(32)26-20-7-3-4-8-22(20)30-27-17(9-11-21(26)27)14-19-6-5-13-35-19/h3-8,10,12-15H,9,11,16H2,1-2H3,(H,29,31). The van der Waals surface area contributed by atoms with Crippen LogP contribution in [0.4, 0.5) is 5.69 Å². The van der Waals surface area contributed by atoms with Gasteiger partial charge in [-0.2, -0.15) is 0 Å². The summed E-state index contributed by atoms with van der Waals surface area (Å²) in [5, 5.41) is 3.40. The number of nitrogens with one attached hydrogen (secondary N) is 1. The second-order valence-corrected chi connectivity index (χ2v) is 8.21. The Hall–Kier alpha value is -4.59. The molecule has 0 saturated heterocycles.